The summed E-state index contributed by atoms with van der Waals surface area (Å²) in [6, 6.07) is 27.0. The average Bonchev–Trinajstić information content (AvgIpc) is 2.90. The summed E-state index contributed by atoms with van der Waals surface area (Å²) in [6.45, 7) is 0.766. The van der Waals surface area contributed by atoms with Crippen molar-refractivity contribution >= 4 is 0 Å². The zero-order valence-electron chi connectivity index (χ0n) is 19.6. The Bertz CT molecular complexity index is 1280. The van der Waals surface area contributed by atoms with Gasteiger partial charge in [-0.25, -0.2) is 0 Å². The van der Waals surface area contributed by atoms with Crippen LogP contribution in [0.15, 0.2) is 84.9 Å². The Labute approximate surface area is 209 Å². The van der Waals surface area contributed by atoms with E-state index >= 15 is 0 Å². The lowest BCUT2D eigenvalue weighted by Crippen LogP contribution is -2.59. The second-order valence-electron chi connectivity index (χ2n) is 9.60. The van der Waals surface area contributed by atoms with Gasteiger partial charge in [-0.1, -0.05) is 72.8 Å². The minimum absolute atomic E-state index is 0.0269. The van der Waals surface area contributed by atoms with Gasteiger partial charge in [0.2, 0.25) is 0 Å². The van der Waals surface area contributed by atoms with Crippen LogP contribution >= 0.6 is 0 Å². The maximum Gasteiger partial charge on any atom is 0.161 e. The standard InChI is InChI=1S/C30H28N2O4/c33-23-13-5-7-17(29(23)35)15-31-27-25-19-9-1-2-10-20(19)26(22-12-4-3-11-21(22)25)28(27)32-16-18-8-6-14-24(34)30(18)36/h1-14,25-28,31-36H,15-16H2/t25?,26?,27-,28?/m1/s1. The lowest BCUT2D eigenvalue weighted by atomic mass is 9.59. The molecule has 2 bridgehead atoms. The topological polar surface area (TPSA) is 105 Å². The fourth-order valence-electron chi connectivity index (χ4n) is 6.06. The van der Waals surface area contributed by atoms with Crippen LogP contribution in [0.2, 0.25) is 0 Å². The molecule has 0 saturated carbocycles. The van der Waals surface area contributed by atoms with Crippen LogP contribution in [0.5, 0.6) is 23.0 Å². The van der Waals surface area contributed by atoms with Gasteiger partial charge in [-0.3, -0.25) is 0 Å². The highest BCUT2D eigenvalue weighted by molar-refractivity contribution is 5.59. The van der Waals surface area contributed by atoms with E-state index in [2.05, 4.69) is 59.2 Å². The fourth-order valence-corrected chi connectivity index (χ4v) is 6.06. The first-order valence-electron chi connectivity index (χ1n) is 12.2. The number of fused-ring (bicyclic) bond motifs is 1. The minimum Gasteiger partial charge on any atom is -0.504 e. The molecule has 6 heteroatoms. The van der Waals surface area contributed by atoms with Crippen LogP contribution in [0.3, 0.4) is 0 Å². The number of phenolic OH excluding ortho intramolecular Hbond substituents is 4. The Morgan fingerprint density at radius 1 is 0.472 bits per heavy atom. The van der Waals surface area contributed by atoms with E-state index in [0.29, 0.717) is 24.2 Å². The molecule has 6 N–H and O–H groups in total. The van der Waals surface area contributed by atoms with E-state index in [-0.39, 0.29) is 46.9 Å². The first-order chi connectivity index (χ1) is 17.5. The molecule has 0 heterocycles. The molecule has 7 rings (SSSR count). The van der Waals surface area contributed by atoms with E-state index < -0.39 is 0 Å². The summed E-state index contributed by atoms with van der Waals surface area (Å²) in [5, 5.41) is 48.1. The Balaban J connectivity index is 1.40. The van der Waals surface area contributed by atoms with Gasteiger partial charge in [-0.05, 0) is 34.4 Å². The van der Waals surface area contributed by atoms with Gasteiger partial charge in [-0.2, -0.15) is 0 Å². The zero-order chi connectivity index (χ0) is 24.8. The normalized spacial score (nSPS) is 21.7. The first kappa shape index (κ1) is 22.5. The van der Waals surface area contributed by atoms with Crippen LogP contribution in [0.25, 0.3) is 0 Å². The van der Waals surface area contributed by atoms with Gasteiger partial charge in [0.15, 0.2) is 23.0 Å². The van der Waals surface area contributed by atoms with Crippen molar-refractivity contribution in [3.8, 4) is 23.0 Å². The van der Waals surface area contributed by atoms with Crippen molar-refractivity contribution in [2.75, 3.05) is 0 Å². The largest absolute Gasteiger partial charge is 0.504 e. The second-order valence-corrected chi connectivity index (χ2v) is 9.60. The lowest BCUT2D eigenvalue weighted by molar-refractivity contribution is 0.274. The Morgan fingerprint density at radius 2 is 0.833 bits per heavy atom. The number of nitrogens with one attached hydrogen (secondary N) is 2. The van der Waals surface area contributed by atoms with Crippen LogP contribution in [0.4, 0.5) is 0 Å². The molecule has 4 aromatic rings. The van der Waals surface area contributed by atoms with Gasteiger partial charge in [0.25, 0.3) is 0 Å². The molecule has 1 unspecified atom stereocenters. The predicted octanol–water partition coefficient (Wildman–Crippen LogP) is 4.42. The predicted molar refractivity (Wildman–Crippen MR) is 137 cm³/mol. The maximum atomic E-state index is 10.4. The molecule has 3 aliphatic carbocycles. The molecule has 3 aliphatic rings. The van der Waals surface area contributed by atoms with E-state index in [0.717, 1.165) is 0 Å². The van der Waals surface area contributed by atoms with E-state index in [1.165, 1.54) is 34.4 Å². The molecule has 0 radical (unpaired) electrons. The van der Waals surface area contributed by atoms with E-state index in [9.17, 15) is 20.4 Å². The van der Waals surface area contributed by atoms with Gasteiger partial charge in [0.1, 0.15) is 0 Å². The zero-order valence-corrected chi connectivity index (χ0v) is 19.6. The quantitative estimate of drug-likeness (QED) is 0.228. The second kappa shape index (κ2) is 8.90. The van der Waals surface area contributed by atoms with Crippen LogP contribution < -0.4 is 10.6 Å². The highest BCUT2D eigenvalue weighted by Gasteiger charge is 2.49. The highest BCUT2D eigenvalue weighted by atomic mass is 16.3. The van der Waals surface area contributed by atoms with Crippen LogP contribution in [0.1, 0.15) is 45.2 Å². The van der Waals surface area contributed by atoms with Crippen molar-refractivity contribution in [1.82, 2.24) is 10.6 Å². The van der Waals surface area contributed by atoms with Gasteiger partial charge in [-0.15, -0.1) is 0 Å². The van der Waals surface area contributed by atoms with E-state index in [4.69, 9.17) is 0 Å². The molecule has 4 aromatic carbocycles. The van der Waals surface area contributed by atoms with Crippen LogP contribution in [-0.2, 0) is 13.1 Å². The molecule has 0 fully saturated rings. The van der Waals surface area contributed by atoms with Gasteiger partial charge >= 0.3 is 0 Å². The summed E-state index contributed by atoms with van der Waals surface area (Å²) in [5.41, 5.74) is 6.41. The van der Waals surface area contributed by atoms with Crippen molar-refractivity contribution in [3.05, 3.63) is 118 Å². The third kappa shape index (κ3) is 3.58. The molecule has 0 saturated heterocycles. The molecule has 0 amide bonds. The third-order valence-electron chi connectivity index (χ3n) is 7.69. The number of hydrogen-bond acceptors (Lipinski definition) is 6. The van der Waals surface area contributed by atoms with Crippen LogP contribution in [0, 0.1) is 0 Å². The summed E-state index contributed by atoms with van der Waals surface area (Å²) in [4.78, 5) is 0. The van der Waals surface area contributed by atoms with Crippen LogP contribution in [-0.4, -0.2) is 32.5 Å². The minimum atomic E-state index is -0.135. The van der Waals surface area contributed by atoms with Gasteiger partial charge in [0, 0.05) is 48.1 Å². The molecule has 0 spiro atoms. The molecular formula is C30H28N2O4. The number of rotatable bonds is 6. The summed E-state index contributed by atoms with van der Waals surface area (Å²) in [5.74, 6) is -0.329. The fraction of sp³-hybridized carbons (Fsp3) is 0.200. The molecule has 36 heavy (non-hydrogen) atoms. The number of phenols is 4. The maximum absolute atomic E-state index is 10.4. The third-order valence-corrected chi connectivity index (χ3v) is 7.69. The number of benzene rings is 4. The Hall–Kier alpha value is -4.00. The van der Waals surface area contributed by atoms with Crippen molar-refractivity contribution in [3.63, 3.8) is 0 Å². The number of para-hydroxylation sites is 2. The molecule has 0 aromatic heterocycles. The first-order valence-corrected chi connectivity index (χ1v) is 12.2. The molecule has 6 nitrogen and oxygen atoms in total. The van der Waals surface area contributed by atoms with E-state index in [1.54, 1.807) is 24.3 Å². The monoisotopic (exact) mass is 480 g/mol. The molecule has 2 atom stereocenters. The smallest absolute Gasteiger partial charge is 0.161 e. The molecule has 0 aliphatic heterocycles. The van der Waals surface area contributed by atoms with Gasteiger partial charge in [0.05, 0.1) is 0 Å². The van der Waals surface area contributed by atoms with Crippen molar-refractivity contribution < 1.29 is 20.4 Å². The number of hydrogen-bond donors (Lipinski definition) is 6. The summed E-state index contributed by atoms with van der Waals surface area (Å²) < 4.78 is 0. The molecule has 182 valence electrons. The average molecular weight is 481 g/mol. The van der Waals surface area contributed by atoms with Crippen molar-refractivity contribution in [2.45, 2.75) is 37.0 Å². The van der Waals surface area contributed by atoms with Gasteiger partial charge < -0.3 is 31.1 Å². The number of aromatic hydroxyl groups is 4. The molecular weight excluding hydrogens is 452 g/mol. The Kier molecular flexibility index (Phi) is 5.55. The summed E-state index contributed by atoms with van der Waals surface area (Å²) >= 11 is 0. The highest BCUT2D eigenvalue weighted by Crippen LogP contribution is 2.53. The van der Waals surface area contributed by atoms with E-state index in [1.807, 2.05) is 0 Å². The summed E-state index contributed by atoms with van der Waals surface area (Å²) in [7, 11) is 0. The Morgan fingerprint density at radius 3 is 1.19 bits per heavy atom. The lowest BCUT2D eigenvalue weighted by Gasteiger charge is -2.51. The van der Waals surface area contributed by atoms with Crippen molar-refractivity contribution in [2.24, 2.45) is 0 Å². The summed E-state index contributed by atoms with van der Waals surface area (Å²) in [6.07, 6.45) is 0. The SMILES string of the molecule is Oc1cccc(CNC2C3c4ccccc4C(c4ccccc43)[C@H]2NCc2cccc(O)c2O)c1O. The van der Waals surface area contributed by atoms with Crippen molar-refractivity contribution in [1.29, 1.82) is 0 Å².